The lowest BCUT2D eigenvalue weighted by atomic mass is 9.84. The van der Waals surface area contributed by atoms with Crippen LogP contribution in [0.2, 0.25) is 0 Å². The summed E-state index contributed by atoms with van der Waals surface area (Å²) in [5.41, 5.74) is 3.71. The predicted octanol–water partition coefficient (Wildman–Crippen LogP) is 6.32. The van der Waals surface area contributed by atoms with E-state index in [1.54, 1.807) is 0 Å². The van der Waals surface area contributed by atoms with E-state index in [-0.39, 0.29) is 0 Å². The average molecular weight is 423 g/mol. The molecule has 0 aromatic heterocycles. The summed E-state index contributed by atoms with van der Waals surface area (Å²) in [4.78, 5) is 9.64. The minimum absolute atomic E-state index is 0.600. The molecule has 0 radical (unpaired) electrons. The molecule has 31 heavy (non-hydrogen) atoms. The molecule has 1 aliphatic carbocycles. The van der Waals surface area contributed by atoms with Crippen molar-refractivity contribution < 1.29 is 10.1 Å². The maximum absolute atomic E-state index is 9.53. The fourth-order valence-electron chi connectivity index (χ4n) is 5.38. The number of anilines is 1. The van der Waals surface area contributed by atoms with Crippen LogP contribution < -0.4 is 9.79 Å². The summed E-state index contributed by atoms with van der Waals surface area (Å²) < 4.78 is 0. The Labute approximate surface area is 187 Å². The molecule has 168 valence electrons. The lowest BCUT2D eigenvalue weighted by Crippen LogP contribution is -2.34. The number of nitrogens with zero attached hydrogens (tertiary/aromatic N) is 2. The molecule has 0 spiro atoms. The highest BCUT2D eigenvalue weighted by Gasteiger charge is 2.21. The van der Waals surface area contributed by atoms with Crippen LogP contribution in [0.1, 0.15) is 68.4 Å². The average Bonchev–Trinajstić information content (AvgIpc) is 2.84. The van der Waals surface area contributed by atoms with E-state index in [1.165, 1.54) is 75.6 Å². The van der Waals surface area contributed by atoms with Crippen molar-refractivity contribution in [2.45, 2.75) is 63.8 Å². The zero-order chi connectivity index (χ0) is 21.5. The highest BCUT2D eigenvalue weighted by atomic mass is 17.1. The van der Waals surface area contributed by atoms with Crippen molar-refractivity contribution in [2.75, 3.05) is 31.6 Å². The van der Waals surface area contributed by atoms with Gasteiger partial charge in [0, 0.05) is 20.1 Å². The van der Waals surface area contributed by atoms with Crippen LogP contribution in [-0.4, -0.2) is 36.8 Å². The first-order valence-electron chi connectivity index (χ1n) is 12.2. The molecule has 1 saturated heterocycles. The summed E-state index contributed by atoms with van der Waals surface area (Å²) in [5, 5.41) is 9.53. The Morgan fingerprint density at radius 2 is 1.71 bits per heavy atom. The number of benzene rings is 2. The van der Waals surface area contributed by atoms with Crippen molar-refractivity contribution in [2.24, 2.45) is 5.92 Å². The predicted molar refractivity (Wildman–Crippen MR) is 128 cm³/mol. The summed E-state index contributed by atoms with van der Waals surface area (Å²) in [5.74, 6) is 1.99. The number of likely N-dealkylation sites (tertiary alicyclic amines) is 1. The first-order chi connectivity index (χ1) is 15.2. The largest absolute Gasteiger partial charge is 0.371 e. The minimum atomic E-state index is 0.600. The Balaban J connectivity index is 1.26. The molecule has 2 aromatic rings. The standard InChI is InChI=1S/C27H38N2O2/c1-28(26-13-12-25(20-27(26)31-30)24-10-6-3-7-11-24)17-14-22-15-18-29(19-16-22)21-23-8-4-2-5-9-23/h2,4-5,8-9,12-13,20,22,24,30H,3,6-7,10-11,14-19,21H2,1H3. The summed E-state index contributed by atoms with van der Waals surface area (Å²) >= 11 is 0. The van der Waals surface area contributed by atoms with Crippen LogP contribution in [-0.2, 0) is 6.54 Å². The number of hydrogen-bond acceptors (Lipinski definition) is 4. The second kappa shape index (κ2) is 11.0. The summed E-state index contributed by atoms with van der Waals surface area (Å²) in [6.45, 7) is 4.43. The van der Waals surface area contributed by atoms with Crippen LogP contribution in [0.15, 0.2) is 48.5 Å². The van der Waals surface area contributed by atoms with Crippen molar-refractivity contribution in [3.05, 3.63) is 59.7 Å². The molecule has 4 rings (SSSR count). The van der Waals surface area contributed by atoms with E-state index >= 15 is 0 Å². The second-order valence-electron chi connectivity index (χ2n) is 9.57. The van der Waals surface area contributed by atoms with Gasteiger partial charge in [0.1, 0.15) is 0 Å². The highest BCUT2D eigenvalue weighted by molar-refractivity contribution is 5.59. The van der Waals surface area contributed by atoms with Gasteiger partial charge < -0.3 is 9.79 Å². The molecule has 0 amide bonds. The van der Waals surface area contributed by atoms with E-state index in [1.807, 2.05) is 0 Å². The molecule has 2 aliphatic rings. The first kappa shape index (κ1) is 22.2. The van der Waals surface area contributed by atoms with Gasteiger partial charge in [-0.25, -0.2) is 5.26 Å². The maximum atomic E-state index is 9.53. The van der Waals surface area contributed by atoms with Crippen molar-refractivity contribution in [3.8, 4) is 5.75 Å². The van der Waals surface area contributed by atoms with Crippen LogP contribution in [0, 0.1) is 5.92 Å². The van der Waals surface area contributed by atoms with E-state index in [0.717, 1.165) is 24.7 Å². The molecule has 2 aromatic carbocycles. The molecule has 2 fully saturated rings. The number of piperidine rings is 1. The molecule has 1 saturated carbocycles. The molecular weight excluding hydrogens is 384 g/mol. The molecule has 1 aliphatic heterocycles. The van der Waals surface area contributed by atoms with Gasteiger partial charge >= 0.3 is 0 Å². The number of rotatable bonds is 8. The van der Waals surface area contributed by atoms with Gasteiger partial charge in [-0.2, -0.15) is 0 Å². The third-order valence-corrected chi connectivity index (χ3v) is 7.40. The van der Waals surface area contributed by atoms with Gasteiger partial charge in [0.15, 0.2) is 5.75 Å². The quantitative estimate of drug-likeness (QED) is 0.399. The van der Waals surface area contributed by atoms with Gasteiger partial charge in [-0.15, -0.1) is 0 Å². The summed E-state index contributed by atoms with van der Waals surface area (Å²) in [6.07, 6.45) is 10.2. The van der Waals surface area contributed by atoms with Crippen LogP contribution in [0.5, 0.6) is 5.75 Å². The van der Waals surface area contributed by atoms with Gasteiger partial charge in [0.25, 0.3) is 0 Å². The van der Waals surface area contributed by atoms with E-state index in [9.17, 15) is 5.26 Å². The van der Waals surface area contributed by atoms with Crippen molar-refractivity contribution in [1.82, 2.24) is 4.90 Å². The Kier molecular flexibility index (Phi) is 7.87. The maximum Gasteiger partial charge on any atom is 0.188 e. The molecule has 1 N–H and O–H groups in total. The monoisotopic (exact) mass is 422 g/mol. The molecule has 0 bridgehead atoms. The lowest BCUT2D eigenvalue weighted by Gasteiger charge is -2.33. The Morgan fingerprint density at radius 1 is 0.968 bits per heavy atom. The van der Waals surface area contributed by atoms with E-state index in [2.05, 4.69) is 65.4 Å². The molecule has 0 atom stereocenters. The molecule has 1 heterocycles. The zero-order valence-corrected chi connectivity index (χ0v) is 19.0. The highest BCUT2D eigenvalue weighted by Crippen LogP contribution is 2.37. The molecule has 4 nitrogen and oxygen atoms in total. The van der Waals surface area contributed by atoms with E-state index in [4.69, 9.17) is 4.89 Å². The third kappa shape index (κ3) is 6.02. The smallest absolute Gasteiger partial charge is 0.188 e. The summed E-state index contributed by atoms with van der Waals surface area (Å²) in [6, 6.07) is 17.2. The van der Waals surface area contributed by atoms with Crippen LogP contribution in [0.25, 0.3) is 0 Å². The van der Waals surface area contributed by atoms with E-state index < -0.39 is 0 Å². The van der Waals surface area contributed by atoms with Crippen molar-refractivity contribution in [3.63, 3.8) is 0 Å². The molecule has 0 unspecified atom stereocenters. The fourth-order valence-corrected chi connectivity index (χ4v) is 5.38. The van der Waals surface area contributed by atoms with Crippen molar-refractivity contribution >= 4 is 5.69 Å². The Bertz CT molecular complexity index is 796. The number of hydrogen-bond donors (Lipinski definition) is 1. The topological polar surface area (TPSA) is 35.9 Å². The van der Waals surface area contributed by atoms with Gasteiger partial charge in [-0.3, -0.25) is 4.90 Å². The first-order valence-corrected chi connectivity index (χ1v) is 12.2. The molecular formula is C27H38N2O2. The van der Waals surface area contributed by atoms with Crippen LogP contribution >= 0.6 is 0 Å². The summed E-state index contributed by atoms with van der Waals surface area (Å²) in [7, 11) is 2.11. The third-order valence-electron chi connectivity index (χ3n) is 7.40. The van der Waals surface area contributed by atoms with Gasteiger partial charge in [-0.1, -0.05) is 55.7 Å². The Morgan fingerprint density at radius 3 is 2.42 bits per heavy atom. The Hall–Kier alpha value is -2.04. The van der Waals surface area contributed by atoms with Crippen LogP contribution in [0.4, 0.5) is 5.69 Å². The van der Waals surface area contributed by atoms with Gasteiger partial charge in [0.2, 0.25) is 0 Å². The zero-order valence-electron chi connectivity index (χ0n) is 19.0. The lowest BCUT2D eigenvalue weighted by molar-refractivity contribution is -0.137. The second-order valence-corrected chi connectivity index (χ2v) is 9.57. The minimum Gasteiger partial charge on any atom is -0.371 e. The normalized spacial score (nSPS) is 18.8. The fraction of sp³-hybridized carbons (Fsp3) is 0.556. The van der Waals surface area contributed by atoms with E-state index in [0.29, 0.717) is 11.7 Å². The van der Waals surface area contributed by atoms with Crippen molar-refractivity contribution in [1.29, 1.82) is 0 Å². The molecule has 4 heteroatoms. The van der Waals surface area contributed by atoms with Gasteiger partial charge in [-0.05, 0) is 80.3 Å². The SMILES string of the molecule is CN(CCC1CCN(Cc2ccccc2)CC1)c1ccc(C2CCCCC2)cc1OO. The van der Waals surface area contributed by atoms with Crippen LogP contribution in [0.3, 0.4) is 0 Å². The van der Waals surface area contributed by atoms with Gasteiger partial charge in [0.05, 0.1) is 5.69 Å².